The van der Waals surface area contributed by atoms with Crippen molar-refractivity contribution in [2.24, 2.45) is 0 Å². The Kier molecular flexibility index (Phi) is 3.92. The van der Waals surface area contributed by atoms with E-state index in [0.29, 0.717) is 5.56 Å². The van der Waals surface area contributed by atoms with Gasteiger partial charge in [-0.1, -0.05) is 18.2 Å². The number of halogens is 4. The van der Waals surface area contributed by atoms with E-state index in [2.05, 4.69) is 4.98 Å². The predicted molar refractivity (Wildman–Crippen MR) is 67.7 cm³/mol. The van der Waals surface area contributed by atoms with Gasteiger partial charge in [0, 0.05) is 25.4 Å². The Morgan fingerprint density at radius 3 is 2.50 bits per heavy atom. The Bertz CT molecular complexity index is 596. The Morgan fingerprint density at radius 1 is 1.15 bits per heavy atom. The molecule has 0 aliphatic heterocycles. The van der Waals surface area contributed by atoms with Crippen molar-refractivity contribution < 1.29 is 17.6 Å². The fraction of sp³-hybridized carbons (Fsp3) is 0.214. The molecule has 0 aliphatic carbocycles. The molecule has 1 heterocycles. The first-order valence-electron chi connectivity index (χ1n) is 5.86. The minimum atomic E-state index is -4.42. The van der Waals surface area contributed by atoms with Gasteiger partial charge in [-0.15, -0.1) is 0 Å². The third-order valence-electron chi connectivity index (χ3n) is 2.83. The number of nitrogens with zero attached hydrogens (tertiary/aromatic N) is 2. The summed E-state index contributed by atoms with van der Waals surface area (Å²) >= 11 is 0. The van der Waals surface area contributed by atoms with Gasteiger partial charge in [-0.05, 0) is 18.2 Å². The standard InChI is InChI=1S/C14H12F4N2/c1-20(9-10-4-2-3-5-12(10)15)13-8-11(6-7-19-13)14(16,17)18/h2-8H,9H2,1H3. The molecule has 106 valence electrons. The van der Waals surface area contributed by atoms with E-state index in [0.717, 1.165) is 18.3 Å². The fourth-order valence-corrected chi connectivity index (χ4v) is 1.77. The van der Waals surface area contributed by atoms with Gasteiger partial charge < -0.3 is 4.90 Å². The third-order valence-corrected chi connectivity index (χ3v) is 2.83. The largest absolute Gasteiger partial charge is 0.416 e. The summed E-state index contributed by atoms with van der Waals surface area (Å²) in [5, 5.41) is 0. The average molecular weight is 284 g/mol. The number of aromatic nitrogens is 1. The molecule has 0 N–H and O–H groups in total. The van der Waals surface area contributed by atoms with Crippen LogP contribution in [0.15, 0.2) is 42.6 Å². The molecule has 0 saturated carbocycles. The fourth-order valence-electron chi connectivity index (χ4n) is 1.77. The molecule has 20 heavy (non-hydrogen) atoms. The second kappa shape index (κ2) is 5.48. The molecule has 0 spiro atoms. The summed E-state index contributed by atoms with van der Waals surface area (Å²) in [6.07, 6.45) is -3.33. The zero-order chi connectivity index (χ0) is 14.8. The molecule has 0 unspecified atom stereocenters. The Hall–Kier alpha value is -2.11. The number of pyridine rings is 1. The van der Waals surface area contributed by atoms with Crippen LogP contribution in [-0.2, 0) is 12.7 Å². The highest BCUT2D eigenvalue weighted by atomic mass is 19.4. The molecule has 1 aromatic carbocycles. The first kappa shape index (κ1) is 14.3. The van der Waals surface area contributed by atoms with Gasteiger partial charge in [0.05, 0.1) is 5.56 Å². The molecule has 0 bridgehead atoms. The molecular formula is C14H12F4N2. The predicted octanol–water partition coefficient (Wildman–Crippen LogP) is 3.88. The van der Waals surface area contributed by atoms with Crippen LogP contribution >= 0.6 is 0 Å². The van der Waals surface area contributed by atoms with Crippen LogP contribution in [0.1, 0.15) is 11.1 Å². The number of benzene rings is 1. The minimum absolute atomic E-state index is 0.140. The molecule has 2 rings (SSSR count). The lowest BCUT2D eigenvalue weighted by atomic mass is 10.2. The maximum Gasteiger partial charge on any atom is 0.416 e. The lowest BCUT2D eigenvalue weighted by molar-refractivity contribution is -0.137. The molecule has 0 atom stereocenters. The second-order valence-electron chi connectivity index (χ2n) is 4.35. The van der Waals surface area contributed by atoms with Crippen molar-refractivity contribution in [1.82, 2.24) is 4.98 Å². The van der Waals surface area contributed by atoms with E-state index in [1.807, 2.05) is 0 Å². The van der Waals surface area contributed by atoms with E-state index in [4.69, 9.17) is 0 Å². The van der Waals surface area contributed by atoms with Gasteiger partial charge in [0.2, 0.25) is 0 Å². The van der Waals surface area contributed by atoms with E-state index in [1.165, 1.54) is 11.0 Å². The minimum Gasteiger partial charge on any atom is -0.355 e. The highest BCUT2D eigenvalue weighted by Crippen LogP contribution is 2.30. The molecule has 0 fully saturated rings. The highest BCUT2D eigenvalue weighted by molar-refractivity contribution is 5.42. The average Bonchev–Trinajstić information content (AvgIpc) is 2.40. The summed E-state index contributed by atoms with van der Waals surface area (Å²) in [7, 11) is 1.56. The summed E-state index contributed by atoms with van der Waals surface area (Å²) in [4.78, 5) is 5.35. The van der Waals surface area contributed by atoms with Crippen LogP contribution in [0.25, 0.3) is 0 Å². The van der Waals surface area contributed by atoms with Crippen molar-refractivity contribution in [1.29, 1.82) is 0 Å². The first-order chi connectivity index (χ1) is 9.38. The van der Waals surface area contributed by atoms with Gasteiger partial charge in [0.1, 0.15) is 11.6 Å². The molecular weight excluding hydrogens is 272 g/mol. The zero-order valence-electron chi connectivity index (χ0n) is 10.7. The maximum absolute atomic E-state index is 13.5. The number of hydrogen-bond donors (Lipinski definition) is 0. The van der Waals surface area contributed by atoms with Crippen molar-refractivity contribution >= 4 is 5.82 Å². The Morgan fingerprint density at radius 2 is 1.85 bits per heavy atom. The van der Waals surface area contributed by atoms with Crippen LogP contribution < -0.4 is 4.90 Å². The van der Waals surface area contributed by atoms with Crippen LogP contribution in [0.4, 0.5) is 23.4 Å². The van der Waals surface area contributed by atoms with Gasteiger partial charge in [-0.3, -0.25) is 0 Å². The topological polar surface area (TPSA) is 16.1 Å². The molecule has 1 aromatic heterocycles. The molecule has 0 amide bonds. The van der Waals surface area contributed by atoms with E-state index in [9.17, 15) is 17.6 Å². The quantitative estimate of drug-likeness (QED) is 0.795. The SMILES string of the molecule is CN(Cc1ccccc1F)c1cc(C(F)(F)F)ccn1. The van der Waals surface area contributed by atoms with Gasteiger partial charge >= 0.3 is 6.18 Å². The number of alkyl halides is 3. The molecule has 0 aliphatic rings. The van der Waals surface area contributed by atoms with E-state index in [1.54, 1.807) is 25.2 Å². The van der Waals surface area contributed by atoms with Crippen LogP contribution in [0.5, 0.6) is 0 Å². The molecule has 2 nitrogen and oxygen atoms in total. The lowest BCUT2D eigenvalue weighted by Crippen LogP contribution is -2.19. The van der Waals surface area contributed by atoms with Crippen molar-refractivity contribution in [3.63, 3.8) is 0 Å². The third kappa shape index (κ3) is 3.26. The number of anilines is 1. The zero-order valence-corrected chi connectivity index (χ0v) is 10.7. The van der Waals surface area contributed by atoms with Gasteiger partial charge in [-0.2, -0.15) is 13.2 Å². The molecule has 6 heteroatoms. The van der Waals surface area contributed by atoms with Crippen molar-refractivity contribution in [2.75, 3.05) is 11.9 Å². The Balaban J connectivity index is 2.22. The normalized spacial score (nSPS) is 11.4. The van der Waals surface area contributed by atoms with Crippen LogP contribution in [0.2, 0.25) is 0 Å². The summed E-state index contributed by atoms with van der Waals surface area (Å²) in [5.41, 5.74) is -0.378. The number of hydrogen-bond acceptors (Lipinski definition) is 2. The van der Waals surface area contributed by atoms with Crippen molar-refractivity contribution in [3.05, 3.63) is 59.5 Å². The monoisotopic (exact) mass is 284 g/mol. The summed E-state index contributed by atoms with van der Waals surface area (Å²) in [5.74, 6) is -0.255. The molecule has 0 saturated heterocycles. The molecule has 2 aromatic rings. The summed E-state index contributed by atoms with van der Waals surface area (Å²) in [6, 6.07) is 7.97. The number of rotatable bonds is 3. The van der Waals surface area contributed by atoms with E-state index >= 15 is 0 Å². The van der Waals surface area contributed by atoms with Crippen LogP contribution in [0, 0.1) is 5.82 Å². The van der Waals surface area contributed by atoms with E-state index in [-0.39, 0.29) is 12.4 Å². The highest BCUT2D eigenvalue weighted by Gasteiger charge is 2.31. The van der Waals surface area contributed by atoms with Crippen molar-refractivity contribution in [3.8, 4) is 0 Å². The first-order valence-corrected chi connectivity index (χ1v) is 5.86. The van der Waals surface area contributed by atoms with Gasteiger partial charge in [-0.25, -0.2) is 9.37 Å². The van der Waals surface area contributed by atoms with Gasteiger partial charge in [0.25, 0.3) is 0 Å². The summed E-state index contributed by atoms with van der Waals surface area (Å²) < 4.78 is 51.4. The Labute approximate surface area is 113 Å². The summed E-state index contributed by atoms with van der Waals surface area (Å²) in [6.45, 7) is 0.140. The molecule has 0 radical (unpaired) electrons. The van der Waals surface area contributed by atoms with Crippen LogP contribution in [0.3, 0.4) is 0 Å². The smallest absolute Gasteiger partial charge is 0.355 e. The van der Waals surface area contributed by atoms with Crippen molar-refractivity contribution in [2.45, 2.75) is 12.7 Å². The maximum atomic E-state index is 13.5. The second-order valence-corrected chi connectivity index (χ2v) is 4.35. The lowest BCUT2D eigenvalue weighted by Gasteiger charge is -2.19. The van der Waals surface area contributed by atoms with E-state index < -0.39 is 17.6 Å². The van der Waals surface area contributed by atoms with Gasteiger partial charge in [0.15, 0.2) is 0 Å². The van der Waals surface area contributed by atoms with Crippen LogP contribution in [-0.4, -0.2) is 12.0 Å².